The molecule has 1 heterocycles. The number of nitrogens with two attached hydrogens (primary N) is 1. The fourth-order valence-corrected chi connectivity index (χ4v) is 2.13. The Morgan fingerprint density at radius 3 is 2.35 bits per heavy atom. The van der Waals surface area contributed by atoms with Crippen LogP contribution in [0.25, 0.3) is 0 Å². The molecule has 2 N–H and O–H groups in total. The van der Waals surface area contributed by atoms with Gasteiger partial charge in [0.1, 0.15) is 11.5 Å². The van der Waals surface area contributed by atoms with Crippen LogP contribution in [0, 0.1) is 0 Å². The highest BCUT2D eigenvalue weighted by atomic mass is 32.1. The van der Waals surface area contributed by atoms with Gasteiger partial charge in [-0.2, -0.15) is 0 Å². The van der Waals surface area contributed by atoms with Crippen LogP contribution in [0.3, 0.4) is 0 Å². The Hall–Kier alpha value is -1.66. The summed E-state index contributed by atoms with van der Waals surface area (Å²) in [6.07, 6.45) is 0. The minimum absolute atomic E-state index is 0.403. The van der Waals surface area contributed by atoms with Gasteiger partial charge in [0.2, 0.25) is 0 Å². The maximum Gasteiger partial charge on any atom is 0.127 e. The highest BCUT2D eigenvalue weighted by Gasteiger charge is 2.20. The summed E-state index contributed by atoms with van der Waals surface area (Å²) in [7, 11) is 3.20. The Labute approximate surface area is 103 Å². The Morgan fingerprint density at radius 1 is 1.24 bits per heavy atom. The predicted octanol–water partition coefficient (Wildman–Crippen LogP) is 1.60. The normalized spacial score (nSPS) is 12.2. The maximum absolute atomic E-state index is 6.16. The molecule has 0 amide bonds. The molecule has 0 radical (unpaired) electrons. The average Bonchev–Trinajstić information content (AvgIpc) is 2.90. The molecule has 5 nitrogen and oxygen atoms in total. The number of aromatic nitrogens is 2. The molecule has 0 fully saturated rings. The Morgan fingerprint density at radius 2 is 1.88 bits per heavy atom. The van der Waals surface area contributed by atoms with Gasteiger partial charge in [0, 0.05) is 5.38 Å². The van der Waals surface area contributed by atoms with Crippen LogP contribution >= 0.6 is 11.5 Å². The van der Waals surface area contributed by atoms with E-state index in [9.17, 15) is 0 Å². The summed E-state index contributed by atoms with van der Waals surface area (Å²) < 4.78 is 14.4. The van der Waals surface area contributed by atoms with E-state index in [4.69, 9.17) is 15.2 Å². The third-order valence-electron chi connectivity index (χ3n) is 2.47. The summed E-state index contributed by atoms with van der Waals surface area (Å²) in [5.74, 6) is 1.37. The summed E-state index contributed by atoms with van der Waals surface area (Å²) in [6.45, 7) is 0. The molecule has 2 rings (SSSR count). The second-order valence-electron chi connectivity index (χ2n) is 3.38. The van der Waals surface area contributed by atoms with E-state index < -0.39 is 6.04 Å². The van der Waals surface area contributed by atoms with Crippen LogP contribution in [0.5, 0.6) is 11.5 Å². The van der Waals surface area contributed by atoms with Crippen molar-refractivity contribution in [2.24, 2.45) is 5.73 Å². The molecule has 90 valence electrons. The first kappa shape index (κ1) is 11.8. The van der Waals surface area contributed by atoms with Crippen LogP contribution in [-0.4, -0.2) is 23.8 Å². The van der Waals surface area contributed by atoms with Gasteiger partial charge in [-0.05, 0) is 23.7 Å². The largest absolute Gasteiger partial charge is 0.496 e. The standard InChI is InChI=1S/C11H13N3O2S/c1-15-8-4-3-5-9(16-2)10(8)11(12)7-6-17-14-13-7/h3-6,11H,12H2,1-2H3. The van der Waals surface area contributed by atoms with E-state index in [-0.39, 0.29) is 0 Å². The minimum atomic E-state index is -0.403. The van der Waals surface area contributed by atoms with Gasteiger partial charge >= 0.3 is 0 Å². The van der Waals surface area contributed by atoms with Gasteiger partial charge in [0.05, 0.1) is 31.5 Å². The zero-order valence-electron chi connectivity index (χ0n) is 9.58. The minimum Gasteiger partial charge on any atom is -0.496 e. The lowest BCUT2D eigenvalue weighted by atomic mass is 10.0. The number of ether oxygens (including phenoxy) is 2. The predicted molar refractivity (Wildman–Crippen MR) is 65.5 cm³/mol. The van der Waals surface area contributed by atoms with Gasteiger partial charge < -0.3 is 15.2 Å². The maximum atomic E-state index is 6.16. The highest BCUT2D eigenvalue weighted by Crippen LogP contribution is 2.35. The zero-order valence-corrected chi connectivity index (χ0v) is 10.4. The van der Waals surface area contributed by atoms with Gasteiger partial charge in [-0.1, -0.05) is 10.6 Å². The van der Waals surface area contributed by atoms with Crippen LogP contribution in [0.1, 0.15) is 17.3 Å². The van der Waals surface area contributed by atoms with Crippen LogP contribution in [0.15, 0.2) is 23.6 Å². The van der Waals surface area contributed by atoms with E-state index >= 15 is 0 Å². The fourth-order valence-electron chi connectivity index (χ4n) is 1.64. The molecule has 0 saturated heterocycles. The summed E-state index contributed by atoms with van der Waals surface area (Å²) in [4.78, 5) is 0. The topological polar surface area (TPSA) is 70.3 Å². The molecule has 2 aromatic rings. The van der Waals surface area contributed by atoms with Gasteiger partial charge in [0.25, 0.3) is 0 Å². The van der Waals surface area contributed by atoms with Crippen molar-refractivity contribution in [3.8, 4) is 11.5 Å². The van der Waals surface area contributed by atoms with E-state index in [0.29, 0.717) is 17.2 Å². The van der Waals surface area contributed by atoms with E-state index in [1.165, 1.54) is 11.5 Å². The summed E-state index contributed by atoms with van der Waals surface area (Å²) in [5.41, 5.74) is 7.65. The van der Waals surface area contributed by atoms with Crippen molar-refractivity contribution >= 4 is 11.5 Å². The summed E-state index contributed by atoms with van der Waals surface area (Å²) in [6, 6.07) is 5.14. The van der Waals surface area contributed by atoms with Gasteiger partial charge in [-0.25, -0.2) is 0 Å². The van der Waals surface area contributed by atoms with Crippen molar-refractivity contribution in [2.75, 3.05) is 14.2 Å². The molecule has 0 bridgehead atoms. The molecule has 1 unspecified atom stereocenters. The molecule has 17 heavy (non-hydrogen) atoms. The lowest BCUT2D eigenvalue weighted by Gasteiger charge is -2.16. The van der Waals surface area contributed by atoms with Gasteiger partial charge in [-0.3, -0.25) is 0 Å². The Balaban J connectivity index is 2.49. The number of hydrogen-bond acceptors (Lipinski definition) is 6. The van der Waals surface area contributed by atoms with Crippen molar-refractivity contribution in [1.29, 1.82) is 0 Å². The van der Waals surface area contributed by atoms with Crippen molar-refractivity contribution in [3.63, 3.8) is 0 Å². The molecule has 1 atom stereocenters. The SMILES string of the molecule is COc1cccc(OC)c1C(N)c1csnn1. The molecule has 1 aromatic carbocycles. The molecule has 1 aromatic heterocycles. The molecule has 0 aliphatic carbocycles. The van der Waals surface area contributed by atoms with Crippen LogP contribution < -0.4 is 15.2 Å². The van der Waals surface area contributed by atoms with Crippen molar-refractivity contribution in [3.05, 3.63) is 34.8 Å². The highest BCUT2D eigenvalue weighted by molar-refractivity contribution is 7.03. The second kappa shape index (κ2) is 5.11. The first-order chi connectivity index (χ1) is 8.27. The second-order valence-corrected chi connectivity index (χ2v) is 3.99. The third kappa shape index (κ3) is 2.22. The number of rotatable bonds is 4. The van der Waals surface area contributed by atoms with Gasteiger partial charge in [0.15, 0.2) is 0 Å². The first-order valence-electron chi connectivity index (χ1n) is 5.01. The van der Waals surface area contributed by atoms with E-state index in [1.807, 2.05) is 23.6 Å². The molecule has 0 aliphatic rings. The van der Waals surface area contributed by atoms with Crippen molar-refractivity contribution < 1.29 is 9.47 Å². The van der Waals surface area contributed by atoms with E-state index in [2.05, 4.69) is 9.59 Å². The number of nitrogens with zero attached hydrogens (tertiary/aromatic N) is 2. The first-order valence-corrected chi connectivity index (χ1v) is 5.85. The molecule has 0 saturated carbocycles. The lowest BCUT2D eigenvalue weighted by molar-refractivity contribution is 0.382. The Bertz CT molecular complexity index is 465. The average molecular weight is 251 g/mol. The van der Waals surface area contributed by atoms with E-state index in [0.717, 1.165) is 5.56 Å². The molecule has 0 aliphatic heterocycles. The number of benzene rings is 1. The number of methoxy groups -OCH3 is 2. The molecule has 6 heteroatoms. The Kier molecular flexibility index (Phi) is 3.55. The monoisotopic (exact) mass is 251 g/mol. The summed E-state index contributed by atoms with van der Waals surface area (Å²) >= 11 is 1.27. The molecular formula is C11H13N3O2S. The van der Waals surface area contributed by atoms with Crippen molar-refractivity contribution in [1.82, 2.24) is 9.59 Å². The quantitative estimate of drug-likeness (QED) is 0.893. The lowest BCUT2D eigenvalue weighted by Crippen LogP contribution is -2.14. The van der Waals surface area contributed by atoms with Crippen LogP contribution in [-0.2, 0) is 0 Å². The molecule has 0 spiro atoms. The molecular weight excluding hydrogens is 238 g/mol. The smallest absolute Gasteiger partial charge is 0.127 e. The van der Waals surface area contributed by atoms with E-state index in [1.54, 1.807) is 14.2 Å². The zero-order chi connectivity index (χ0) is 12.3. The fraction of sp³-hybridized carbons (Fsp3) is 0.273. The van der Waals surface area contributed by atoms with Crippen LogP contribution in [0.4, 0.5) is 0 Å². The van der Waals surface area contributed by atoms with Crippen LogP contribution in [0.2, 0.25) is 0 Å². The van der Waals surface area contributed by atoms with Gasteiger partial charge in [-0.15, -0.1) is 5.10 Å². The number of hydrogen-bond donors (Lipinski definition) is 1. The van der Waals surface area contributed by atoms with Crippen molar-refractivity contribution in [2.45, 2.75) is 6.04 Å². The third-order valence-corrected chi connectivity index (χ3v) is 3.00. The summed E-state index contributed by atoms with van der Waals surface area (Å²) in [5, 5.41) is 5.79.